The Morgan fingerprint density at radius 1 is 1.16 bits per heavy atom. The van der Waals surface area contributed by atoms with Crippen molar-refractivity contribution in [3.05, 3.63) is 47.2 Å². The lowest BCUT2D eigenvalue weighted by atomic mass is 10.1. The van der Waals surface area contributed by atoms with Crippen molar-refractivity contribution >= 4 is 5.91 Å². The first-order valence-corrected chi connectivity index (χ1v) is 8.97. The fourth-order valence-corrected chi connectivity index (χ4v) is 3.51. The third kappa shape index (κ3) is 3.54. The number of fused-ring (bicyclic) bond motifs is 1. The predicted octanol–water partition coefficient (Wildman–Crippen LogP) is 1.93. The van der Waals surface area contributed by atoms with Crippen molar-refractivity contribution in [1.82, 2.24) is 19.6 Å². The summed E-state index contributed by atoms with van der Waals surface area (Å²) in [4.78, 5) is 17.0. The Hall–Kier alpha value is -2.34. The van der Waals surface area contributed by atoms with Crippen molar-refractivity contribution < 1.29 is 9.53 Å². The summed E-state index contributed by atoms with van der Waals surface area (Å²) >= 11 is 0. The highest BCUT2D eigenvalue weighted by atomic mass is 16.5. The van der Waals surface area contributed by atoms with E-state index in [0.29, 0.717) is 18.2 Å². The highest BCUT2D eigenvalue weighted by molar-refractivity contribution is 5.92. The van der Waals surface area contributed by atoms with Crippen LogP contribution in [-0.2, 0) is 13.1 Å². The van der Waals surface area contributed by atoms with Gasteiger partial charge in [0.2, 0.25) is 5.88 Å². The molecule has 0 N–H and O–H groups in total. The van der Waals surface area contributed by atoms with Gasteiger partial charge in [-0.1, -0.05) is 29.8 Å². The van der Waals surface area contributed by atoms with Crippen molar-refractivity contribution in [3.8, 4) is 5.88 Å². The molecular formula is C19H24N4O2. The average molecular weight is 340 g/mol. The predicted molar refractivity (Wildman–Crippen MR) is 94.7 cm³/mol. The lowest BCUT2D eigenvalue weighted by molar-refractivity contribution is 0.0621. The normalized spacial score (nSPS) is 17.9. The molecule has 25 heavy (non-hydrogen) atoms. The number of rotatable bonds is 3. The molecule has 0 unspecified atom stereocenters. The minimum absolute atomic E-state index is 0.0145. The number of amides is 1. The van der Waals surface area contributed by atoms with Crippen LogP contribution in [0.5, 0.6) is 5.88 Å². The summed E-state index contributed by atoms with van der Waals surface area (Å²) in [6, 6.07) is 10.4. The second kappa shape index (κ2) is 6.88. The number of piperazine rings is 1. The van der Waals surface area contributed by atoms with E-state index in [-0.39, 0.29) is 5.91 Å². The first kappa shape index (κ1) is 16.1. The standard InChI is InChI=1S/C19H24N4O2/c1-15-4-2-5-16(12-15)14-21-7-9-22(10-8-21)19(24)17-13-18-23(20-17)6-3-11-25-18/h2,4-5,12-13H,3,6-11,14H2,1H3. The van der Waals surface area contributed by atoms with Crippen molar-refractivity contribution in [2.45, 2.75) is 26.4 Å². The number of hydrogen-bond acceptors (Lipinski definition) is 4. The minimum Gasteiger partial charge on any atom is -0.478 e. The van der Waals surface area contributed by atoms with Gasteiger partial charge in [0.15, 0.2) is 5.69 Å². The van der Waals surface area contributed by atoms with Gasteiger partial charge in [0.25, 0.3) is 5.91 Å². The number of ether oxygens (including phenoxy) is 1. The van der Waals surface area contributed by atoms with Crippen molar-refractivity contribution in [1.29, 1.82) is 0 Å². The van der Waals surface area contributed by atoms with Gasteiger partial charge in [0.05, 0.1) is 6.61 Å². The lowest BCUT2D eigenvalue weighted by Gasteiger charge is -2.34. The van der Waals surface area contributed by atoms with Gasteiger partial charge in [0, 0.05) is 51.8 Å². The molecule has 1 fully saturated rings. The van der Waals surface area contributed by atoms with Gasteiger partial charge in [0.1, 0.15) is 0 Å². The number of carbonyl (C=O) groups is 1. The first-order chi connectivity index (χ1) is 12.2. The monoisotopic (exact) mass is 340 g/mol. The molecule has 0 saturated carbocycles. The summed E-state index contributed by atoms with van der Waals surface area (Å²) in [6.45, 7) is 7.86. The van der Waals surface area contributed by atoms with Crippen molar-refractivity contribution in [3.63, 3.8) is 0 Å². The highest BCUT2D eigenvalue weighted by Crippen LogP contribution is 2.20. The van der Waals surface area contributed by atoms with Gasteiger partial charge in [-0.3, -0.25) is 9.69 Å². The Kier molecular flexibility index (Phi) is 4.44. The van der Waals surface area contributed by atoms with Gasteiger partial charge in [-0.2, -0.15) is 5.10 Å². The summed E-state index contributed by atoms with van der Waals surface area (Å²) in [7, 11) is 0. The summed E-state index contributed by atoms with van der Waals surface area (Å²) in [5, 5.41) is 4.41. The molecule has 6 nitrogen and oxygen atoms in total. The van der Waals surface area contributed by atoms with Gasteiger partial charge >= 0.3 is 0 Å². The summed E-state index contributed by atoms with van der Waals surface area (Å²) < 4.78 is 7.35. The van der Waals surface area contributed by atoms with E-state index in [9.17, 15) is 4.79 Å². The van der Waals surface area contributed by atoms with E-state index >= 15 is 0 Å². The van der Waals surface area contributed by atoms with Crippen LogP contribution in [0.2, 0.25) is 0 Å². The Bertz CT molecular complexity index is 739. The smallest absolute Gasteiger partial charge is 0.274 e. The topological polar surface area (TPSA) is 50.6 Å². The number of nitrogens with zero attached hydrogens (tertiary/aromatic N) is 4. The van der Waals surface area contributed by atoms with Crippen LogP contribution in [0.1, 0.15) is 28.0 Å². The SMILES string of the molecule is Cc1cccc(CN2CCN(C(=O)c3cc4n(n3)CCCO4)CC2)c1. The van der Waals surface area contributed by atoms with E-state index in [1.54, 1.807) is 10.7 Å². The molecule has 4 rings (SSSR count). The molecular weight excluding hydrogens is 316 g/mol. The second-order valence-corrected chi connectivity index (χ2v) is 6.85. The molecule has 132 valence electrons. The van der Waals surface area contributed by atoms with Gasteiger partial charge < -0.3 is 9.64 Å². The molecule has 0 radical (unpaired) electrons. The van der Waals surface area contributed by atoms with E-state index in [1.165, 1.54) is 11.1 Å². The van der Waals surface area contributed by atoms with Crippen molar-refractivity contribution in [2.24, 2.45) is 0 Å². The largest absolute Gasteiger partial charge is 0.478 e. The van der Waals surface area contributed by atoms with E-state index in [2.05, 4.69) is 41.2 Å². The molecule has 2 aromatic rings. The van der Waals surface area contributed by atoms with E-state index in [0.717, 1.165) is 45.7 Å². The maximum absolute atomic E-state index is 12.7. The lowest BCUT2D eigenvalue weighted by Crippen LogP contribution is -2.48. The molecule has 1 saturated heterocycles. The quantitative estimate of drug-likeness (QED) is 0.857. The minimum atomic E-state index is 0.0145. The van der Waals surface area contributed by atoms with Gasteiger partial charge in [-0.15, -0.1) is 0 Å². The van der Waals surface area contributed by atoms with Gasteiger partial charge in [-0.05, 0) is 12.5 Å². The highest BCUT2D eigenvalue weighted by Gasteiger charge is 2.25. The molecule has 3 heterocycles. The van der Waals surface area contributed by atoms with E-state index in [1.807, 2.05) is 4.90 Å². The van der Waals surface area contributed by atoms with Crippen LogP contribution in [0.25, 0.3) is 0 Å². The van der Waals surface area contributed by atoms with Crippen molar-refractivity contribution in [2.75, 3.05) is 32.8 Å². The molecule has 1 amide bonds. The Balaban J connectivity index is 1.35. The zero-order valence-corrected chi connectivity index (χ0v) is 14.6. The Morgan fingerprint density at radius 3 is 2.76 bits per heavy atom. The van der Waals surface area contributed by atoms with Crippen LogP contribution >= 0.6 is 0 Å². The summed E-state index contributed by atoms with van der Waals surface area (Å²) in [6.07, 6.45) is 0.944. The van der Waals surface area contributed by atoms with Crippen LogP contribution in [-0.4, -0.2) is 58.3 Å². The summed E-state index contributed by atoms with van der Waals surface area (Å²) in [5.74, 6) is 0.730. The summed E-state index contributed by atoms with van der Waals surface area (Å²) in [5.41, 5.74) is 3.13. The van der Waals surface area contributed by atoms with Crippen LogP contribution < -0.4 is 4.74 Å². The molecule has 0 spiro atoms. The molecule has 0 aliphatic carbocycles. The van der Waals surface area contributed by atoms with Crippen LogP contribution in [0.4, 0.5) is 0 Å². The number of carbonyl (C=O) groups excluding carboxylic acids is 1. The molecule has 1 aromatic heterocycles. The van der Waals surface area contributed by atoms with Crippen LogP contribution in [0.3, 0.4) is 0 Å². The third-order valence-corrected chi connectivity index (χ3v) is 4.87. The molecule has 1 aromatic carbocycles. The molecule has 0 atom stereocenters. The Morgan fingerprint density at radius 2 is 2.00 bits per heavy atom. The first-order valence-electron chi connectivity index (χ1n) is 8.97. The molecule has 2 aliphatic rings. The van der Waals surface area contributed by atoms with Crippen LogP contribution in [0, 0.1) is 6.92 Å². The number of hydrogen-bond donors (Lipinski definition) is 0. The molecule has 6 heteroatoms. The fraction of sp³-hybridized carbons (Fsp3) is 0.474. The van der Waals surface area contributed by atoms with Gasteiger partial charge in [-0.25, -0.2) is 4.68 Å². The zero-order valence-electron chi connectivity index (χ0n) is 14.6. The van der Waals surface area contributed by atoms with Crippen LogP contribution in [0.15, 0.2) is 30.3 Å². The number of aryl methyl sites for hydroxylation is 2. The van der Waals surface area contributed by atoms with E-state index in [4.69, 9.17) is 4.74 Å². The average Bonchev–Trinajstić information content (AvgIpc) is 3.06. The zero-order chi connectivity index (χ0) is 17.2. The van der Waals surface area contributed by atoms with E-state index < -0.39 is 0 Å². The second-order valence-electron chi connectivity index (χ2n) is 6.85. The third-order valence-electron chi connectivity index (χ3n) is 4.87. The molecule has 2 aliphatic heterocycles. The number of aromatic nitrogens is 2. The maximum atomic E-state index is 12.7. The fourth-order valence-electron chi connectivity index (χ4n) is 3.51. The Labute approximate surface area is 148 Å². The maximum Gasteiger partial charge on any atom is 0.274 e. The molecule has 0 bridgehead atoms. The number of benzene rings is 1.